The number of carbonyl (C=O) groups is 1. The predicted molar refractivity (Wildman–Crippen MR) is 126 cm³/mol. The van der Waals surface area contributed by atoms with Gasteiger partial charge in [0, 0.05) is 28.7 Å². The second-order valence-corrected chi connectivity index (χ2v) is 8.78. The van der Waals surface area contributed by atoms with Gasteiger partial charge in [0.2, 0.25) is 11.0 Å². The third-order valence-electron chi connectivity index (χ3n) is 5.31. The van der Waals surface area contributed by atoms with Crippen LogP contribution in [-0.4, -0.2) is 20.7 Å². The van der Waals surface area contributed by atoms with E-state index in [0.29, 0.717) is 0 Å². The third-order valence-corrected chi connectivity index (χ3v) is 6.17. The summed E-state index contributed by atoms with van der Waals surface area (Å²) in [5.74, 6) is -0.0733. The van der Waals surface area contributed by atoms with Gasteiger partial charge in [0.1, 0.15) is 0 Å². The van der Waals surface area contributed by atoms with Crippen LogP contribution in [0.1, 0.15) is 39.3 Å². The molecule has 2 aromatic carbocycles. The van der Waals surface area contributed by atoms with Gasteiger partial charge in [0.15, 0.2) is 0 Å². The molecule has 6 heteroatoms. The number of aryl methyl sites for hydroxylation is 3. The molecule has 1 amide bonds. The summed E-state index contributed by atoms with van der Waals surface area (Å²) in [7, 11) is 0. The first-order valence-electron chi connectivity index (χ1n) is 10.3. The van der Waals surface area contributed by atoms with E-state index in [1.807, 2.05) is 48.2 Å². The molecule has 0 spiro atoms. The Morgan fingerprint density at radius 2 is 1.81 bits per heavy atom. The van der Waals surface area contributed by atoms with Crippen LogP contribution in [0.5, 0.6) is 0 Å². The maximum Gasteiger partial charge on any atom is 0.230 e. The van der Waals surface area contributed by atoms with Gasteiger partial charge < -0.3 is 5.32 Å². The molecule has 0 aliphatic rings. The Kier molecular flexibility index (Phi) is 6.00. The summed E-state index contributed by atoms with van der Waals surface area (Å²) < 4.78 is 1.89. The molecule has 2 aromatic heterocycles. The van der Waals surface area contributed by atoms with E-state index in [-0.39, 0.29) is 12.3 Å². The second-order valence-electron chi connectivity index (χ2n) is 7.94. The van der Waals surface area contributed by atoms with Crippen molar-refractivity contribution in [1.82, 2.24) is 14.8 Å². The van der Waals surface area contributed by atoms with Gasteiger partial charge in [-0.2, -0.15) is 5.10 Å². The van der Waals surface area contributed by atoms with Crippen LogP contribution in [0.15, 0.2) is 53.9 Å². The fraction of sp³-hybridized carbons (Fsp3) is 0.240. The SMILES string of the molecule is Cc1ccc(Cc2c(C)nn(-c3nc(CC(=O)Nc4cccc(C)c4)cs3)c2C)cc1. The number of amides is 1. The number of aromatic nitrogens is 3. The van der Waals surface area contributed by atoms with Crippen LogP contribution in [0.3, 0.4) is 0 Å². The van der Waals surface area contributed by atoms with Crippen molar-refractivity contribution in [2.75, 3.05) is 5.32 Å². The van der Waals surface area contributed by atoms with Crippen molar-refractivity contribution in [3.8, 4) is 5.13 Å². The highest BCUT2D eigenvalue weighted by atomic mass is 32.1. The minimum atomic E-state index is -0.0733. The smallest absolute Gasteiger partial charge is 0.230 e. The van der Waals surface area contributed by atoms with E-state index < -0.39 is 0 Å². The van der Waals surface area contributed by atoms with E-state index >= 15 is 0 Å². The van der Waals surface area contributed by atoms with Gasteiger partial charge >= 0.3 is 0 Å². The average molecular weight is 431 g/mol. The largest absolute Gasteiger partial charge is 0.326 e. The molecule has 0 radical (unpaired) electrons. The molecule has 0 saturated heterocycles. The van der Waals surface area contributed by atoms with Crippen LogP contribution >= 0.6 is 11.3 Å². The fourth-order valence-corrected chi connectivity index (χ4v) is 4.42. The van der Waals surface area contributed by atoms with Gasteiger partial charge in [-0.15, -0.1) is 11.3 Å². The molecular formula is C25H26N4OS. The zero-order valence-corrected chi connectivity index (χ0v) is 19.1. The van der Waals surface area contributed by atoms with Gasteiger partial charge in [0.05, 0.1) is 17.8 Å². The lowest BCUT2D eigenvalue weighted by molar-refractivity contribution is -0.115. The maximum absolute atomic E-state index is 12.4. The zero-order chi connectivity index (χ0) is 22.0. The molecule has 5 nitrogen and oxygen atoms in total. The van der Waals surface area contributed by atoms with Gasteiger partial charge in [-0.05, 0) is 51.0 Å². The topological polar surface area (TPSA) is 59.8 Å². The number of rotatable bonds is 6. The Morgan fingerprint density at radius 3 is 2.55 bits per heavy atom. The summed E-state index contributed by atoms with van der Waals surface area (Å²) in [5.41, 5.74) is 8.50. The van der Waals surface area contributed by atoms with Gasteiger partial charge in [-0.3, -0.25) is 4.79 Å². The number of nitrogens with zero attached hydrogens (tertiary/aromatic N) is 3. The van der Waals surface area contributed by atoms with Crippen molar-refractivity contribution >= 4 is 22.9 Å². The minimum absolute atomic E-state index is 0.0733. The number of nitrogens with one attached hydrogen (secondary N) is 1. The lowest BCUT2D eigenvalue weighted by Gasteiger charge is -2.05. The number of anilines is 1. The Labute approximate surface area is 186 Å². The van der Waals surface area contributed by atoms with E-state index in [9.17, 15) is 4.79 Å². The van der Waals surface area contributed by atoms with Crippen LogP contribution < -0.4 is 5.32 Å². The molecule has 0 fully saturated rings. The first kappa shape index (κ1) is 21.0. The molecular weight excluding hydrogens is 404 g/mol. The Balaban J connectivity index is 1.48. The average Bonchev–Trinajstić information content (AvgIpc) is 3.29. The minimum Gasteiger partial charge on any atom is -0.326 e. The lowest BCUT2D eigenvalue weighted by Crippen LogP contribution is -2.14. The van der Waals surface area contributed by atoms with Crippen LogP contribution in [0.4, 0.5) is 5.69 Å². The Bertz CT molecular complexity index is 1220. The van der Waals surface area contributed by atoms with E-state index in [2.05, 4.69) is 48.4 Å². The standard InChI is InChI=1S/C25H26N4OS/c1-16-8-10-20(11-9-16)13-23-18(3)28-29(19(23)4)25-27-22(15-31-25)14-24(30)26-21-7-5-6-17(2)12-21/h5-12,15H,13-14H2,1-4H3,(H,26,30). The number of hydrogen-bond acceptors (Lipinski definition) is 4. The molecule has 0 bridgehead atoms. The summed E-state index contributed by atoms with van der Waals surface area (Å²) in [5, 5.41) is 10.4. The summed E-state index contributed by atoms with van der Waals surface area (Å²) in [6.07, 6.45) is 1.08. The molecule has 158 valence electrons. The third kappa shape index (κ3) is 4.91. The highest BCUT2D eigenvalue weighted by Crippen LogP contribution is 2.23. The Hall–Kier alpha value is -3.25. The molecule has 0 atom stereocenters. The monoisotopic (exact) mass is 430 g/mol. The second kappa shape index (κ2) is 8.86. The fourth-order valence-electron chi connectivity index (χ4n) is 3.59. The van der Waals surface area contributed by atoms with E-state index in [1.54, 1.807) is 0 Å². The first-order chi connectivity index (χ1) is 14.9. The molecule has 0 unspecified atom stereocenters. The number of carbonyl (C=O) groups excluding carboxylic acids is 1. The van der Waals surface area contributed by atoms with E-state index in [0.717, 1.165) is 39.9 Å². The molecule has 1 N–H and O–H groups in total. The molecule has 31 heavy (non-hydrogen) atoms. The maximum atomic E-state index is 12.4. The van der Waals surface area contributed by atoms with Crippen molar-refractivity contribution in [3.05, 3.63) is 93.2 Å². The molecule has 4 aromatic rings. The van der Waals surface area contributed by atoms with Crippen molar-refractivity contribution in [1.29, 1.82) is 0 Å². The highest BCUT2D eigenvalue weighted by Gasteiger charge is 2.16. The van der Waals surface area contributed by atoms with Gasteiger partial charge in [0.25, 0.3) is 0 Å². The van der Waals surface area contributed by atoms with Crippen LogP contribution in [0, 0.1) is 27.7 Å². The quantitative estimate of drug-likeness (QED) is 0.449. The summed E-state index contributed by atoms with van der Waals surface area (Å²) in [6.45, 7) is 8.22. The van der Waals surface area contributed by atoms with Crippen molar-refractivity contribution in [2.45, 2.75) is 40.5 Å². The van der Waals surface area contributed by atoms with Crippen molar-refractivity contribution in [3.63, 3.8) is 0 Å². The summed E-state index contributed by atoms with van der Waals surface area (Å²) in [6, 6.07) is 16.4. The summed E-state index contributed by atoms with van der Waals surface area (Å²) in [4.78, 5) is 17.1. The molecule has 0 aliphatic heterocycles. The Morgan fingerprint density at radius 1 is 1.03 bits per heavy atom. The van der Waals surface area contributed by atoms with Crippen LogP contribution in [0.25, 0.3) is 5.13 Å². The number of thiazole rings is 1. The van der Waals surface area contributed by atoms with Gasteiger partial charge in [-0.1, -0.05) is 42.0 Å². The normalized spacial score (nSPS) is 11.0. The summed E-state index contributed by atoms with van der Waals surface area (Å²) >= 11 is 1.51. The van der Waals surface area contributed by atoms with Gasteiger partial charge in [-0.25, -0.2) is 9.67 Å². The number of hydrogen-bond donors (Lipinski definition) is 1. The highest BCUT2D eigenvalue weighted by molar-refractivity contribution is 7.12. The lowest BCUT2D eigenvalue weighted by atomic mass is 10.0. The molecule has 2 heterocycles. The van der Waals surface area contributed by atoms with Crippen LogP contribution in [0.2, 0.25) is 0 Å². The molecule has 0 aliphatic carbocycles. The van der Waals surface area contributed by atoms with E-state index in [1.165, 1.54) is 28.0 Å². The zero-order valence-electron chi connectivity index (χ0n) is 18.3. The van der Waals surface area contributed by atoms with Crippen molar-refractivity contribution in [2.24, 2.45) is 0 Å². The number of benzene rings is 2. The molecule has 4 rings (SSSR count). The van der Waals surface area contributed by atoms with E-state index in [4.69, 9.17) is 5.10 Å². The van der Waals surface area contributed by atoms with Crippen LogP contribution in [-0.2, 0) is 17.6 Å². The first-order valence-corrected chi connectivity index (χ1v) is 11.2. The molecule has 0 saturated carbocycles. The van der Waals surface area contributed by atoms with Crippen molar-refractivity contribution < 1.29 is 4.79 Å². The predicted octanol–water partition coefficient (Wildman–Crippen LogP) is 5.33.